The summed E-state index contributed by atoms with van der Waals surface area (Å²) < 4.78 is 5.46. The Morgan fingerprint density at radius 3 is 2.93 bits per heavy atom. The van der Waals surface area contributed by atoms with E-state index >= 15 is 0 Å². The molecule has 4 nitrogen and oxygen atoms in total. The molecule has 0 saturated carbocycles. The third kappa shape index (κ3) is 2.42. The molecular formula is C10H15N3O. The van der Waals surface area contributed by atoms with Crippen molar-refractivity contribution in [3.63, 3.8) is 0 Å². The lowest BCUT2D eigenvalue weighted by molar-refractivity contribution is 0.0231. The zero-order valence-electron chi connectivity index (χ0n) is 8.31. The normalized spacial score (nSPS) is 27.2. The molecule has 2 unspecified atom stereocenters. The zero-order chi connectivity index (χ0) is 9.80. The van der Waals surface area contributed by atoms with Crippen LogP contribution >= 0.6 is 0 Å². The fraction of sp³-hybridized carbons (Fsp3) is 0.600. The van der Waals surface area contributed by atoms with E-state index in [0.717, 1.165) is 19.4 Å². The molecular weight excluding hydrogens is 178 g/mol. The Morgan fingerprint density at radius 1 is 1.43 bits per heavy atom. The van der Waals surface area contributed by atoms with Gasteiger partial charge >= 0.3 is 0 Å². The minimum Gasteiger partial charge on any atom is -0.378 e. The monoisotopic (exact) mass is 193 g/mol. The van der Waals surface area contributed by atoms with Gasteiger partial charge in [-0.1, -0.05) is 0 Å². The average molecular weight is 193 g/mol. The maximum absolute atomic E-state index is 5.46. The molecule has 14 heavy (non-hydrogen) atoms. The molecule has 0 aliphatic carbocycles. The first-order valence-corrected chi connectivity index (χ1v) is 5.00. The molecule has 4 heteroatoms. The summed E-state index contributed by atoms with van der Waals surface area (Å²) in [6.07, 6.45) is 5.89. The molecule has 2 heterocycles. The predicted molar refractivity (Wildman–Crippen MR) is 54.1 cm³/mol. The highest BCUT2D eigenvalue weighted by atomic mass is 16.5. The predicted octanol–water partition coefficient (Wildman–Crippen LogP) is 1.46. The lowest BCUT2D eigenvalue weighted by Gasteiger charge is -2.27. The van der Waals surface area contributed by atoms with Crippen molar-refractivity contribution < 1.29 is 4.74 Å². The van der Waals surface area contributed by atoms with Crippen molar-refractivity contribution in [3.05, 3.63) is 18.5 Å². The number of hydrogen-bond donors (Lipinski definition) is 1. The van der Waals surface area contributed by atoms with Gasteiger partial charge in [-0.05, 0) is 25.8 Å². The van der Waals surface area contributed by atoms with E-state index < -0.39 is 0 Å². The molecule has 1 N–H and O–H groups in total. The van der Waals surface area contributed by atoms with Crippen LogP contribution in [0.5, 0.6) is 0 Å². The number of aromatic nitrogens is 2. The van der Waals surface area contributed by atoms with Crippen molar-refractivity contribution in [2.45, 2.75) is 31.9 Å². The fourth-order valence-electron chi connectivity index (χ4n) is 1.69. The summed E-state index contributed by atoms with van der Waals surface area (Å²) in [6.45, 7) is 2.92. The summed E-state index contributed by atoms with van der Waals surface area (Å²) in [5.41, 5.74) is 0. The molecule has 1 aromatic heterocycles. The van der Waals surface area contributed by atoms with Gasteiger partial charge < -0.3 is 10.1 Å². The van der Waals surface area contributed by atoms with Crippen molar-refractivity contribution in [1.29, 1.82) is 0 Å². The van der Waals surface area contributed by atoms with E-state index in [-0.39, 0.29) is 0 Å². The maximum Gasteiger partial charge on any atom is 0.222 e. The van der Waals surface area contributed by atoms with Crippen molar-refractivity contribution in [2.24, 2.45) is 0 Å². The smallest absolute Gasteiger partial charge is 0.222 e. The van der Waals surface area contributed by atoms with Crippen LogP contribution in [0.1, 0.15) is 19.8 Å². The molecule has 0 spiro atoms. The van der Waals surface area contributed by atoms with Crippen LogP contribution in [0.4, 0.5) is 5.95 Å². The number of nitrogens with zero attached hydrogens (tertiary/aromatic N) is 2. The SMILES string of the molecule is CC1CC(Nc2ncccn2)CCO1. The largest absolute Gasteiger partial charge is 0.378 e. The van der Waals surface area contributed by atoms with E-state index in [9.17, 15) is 0 Å². The second-order valence-electron chi connectivity index (χ2n) is 3.62. The summed E-state index contributed by atoms with van der Waals surface area (Å²) in [5, 5.41) is 3.31. The van der Waals surface area contributed by atoms with Gasteiger partial charge in [0.2, 0.25) is 5.95 Å². The van der Waals surface area contributed by atoms with E-state index in [4.69, 9.17) is 4.74 Å². The molecule has 1 aromatic rings. The molecule has 1 aliphatic heterocycles. The summed E-state index contributed by atoms with van der Waals surface area (Å²) >= 11 is 0. The van der Waals surface area contributed by atoms with E-state index in [1.54, 1.807) is 12.4 Å². The third-order valence-corrected chi connectivity index (χ3v) is 2.38. The van der Waals surface area contributed by atoms with Crippen LogP contribution in [-0.4, -0.2) is 28.7 Å². The van der Waals surface area contributed by atoms with Gasteiger partial charge in [0.05, 0.1) is 6.10 Å². The third-order valence-electron chi connectivity index (χ3n) is 2.38. The Bertz CT molecular complexity index is 278. The average Bonchev–Trinajstić information content (AvgIpc) is 2.19. The first-order chi connectivity index (χ1) is 6.84. The topological polar surface area (TPSA) is 47.0 Å². The van der Waals surface area contributed by atoms with Gasteiger partial charge in [0.15, 0.2) is 0 Å². The molecule has 1 fully saturated rings. The molecule has 2 atom stereocenters. The highest BCUT2D eigenvalue weighted by molar-refractivity contribution is 5.24. The van der Waals surface area contributed by atoms with Gasteiger partial charge in [-0.25, -0.2) is 9.97 Å². The van der Waals surface area contributed by atoms with Crippen LogP contribution in [0.2, 0.25) is 0 Å². The van der Waals surface area contributed by atoms with Crippen LogP contribution < -0.4 is 5.32 Å². The number of rotatable bonds is 2. The first kappa shape index (κ1) is 9.40. The Kier molecular flexibility index (Phi) is 2.93. The van der Waals surface area contributed by atoms with Gasteiger partial charge in [-0.2, -0.15) is 0 Å². The minimum atomic E-state index is 0.338. The summed E-state index contributed by atoms with van der Waals surface area (Å²) in [7, 11) is 0. The van der Waals surface area contributed by atoms with Gasteiger partial charge in [0.25, 0.3) is 0 Å². The number of hydrogen-bond acceptors (Lipinski definition) is 4. The van der Waals surface area contributed by atoms with Gasteiger partial charge in [-0.3, -0.25) is 0 Å². The molecule has 1 saturated heterocycles. The summed E-state index contributed by atoms with van der Waals surface area (Å²) in [4.78, 5) is 8.27. The molecule has 0 radical (unpaired) electrons. The lowest BCUT2D eigenvalue weighted by atomic mass is 10.0. The number of anilines is 1. The Balaban J connectivity index is 1.91. The van der Waals surface area contributed by atoms with Crippen molar-refractivity contribution in [3.8, 4) is 0 Å². The fourth-order valence-corrected chi connectivity index (χ4v) is 1.69. The molecule has 2 rings (SSSR count). The van der Waals surface area contributed by atoms with Gasteiger partial charge in [0.1, 0.15) is 0 Å². The van der Waals surface area contributed by atoms with Crippen LogP contribution in [0.15, 0.2) is 18.5 Å². The second-order valence-corrected chi connectivity index (χ2v) is 3.62. The number of ether oxygens (including phenoxy) is 1. The molecule has 1 aliphatic rings. The second kappa shape index (κ2) is 4.37. The van der Waals surface area contributed by atoms with E-state index in [0.29, 0.717) is 18.1 Å². The first-order valence-electron chi connectivity index (χ1n) is 5.00. The summed E-state index contributed by atoms with van der Waals surface area (Å²) in [5.74, 6) is 0.714. The lowest BCUT2D eigenvalue weighted by Crippen LogP contribution is -2.33. The maximum atomic E-state index is 5.46. The van der Waals surface area contributed by atoms with E-state index in [1.807, 2.05) is 6.07 Å². The zero-order valence-corrected chi connectivity index (χ0v) is 8.31. The van der Waals surface area contributed by atoms with Crippen LogP contribution in [0.3, 0.4) is 0 Å². The van der Waals surface area contributed by atoms with Crippen LogP contribution in [0, 0.1) is 0 Å². The van der Waals surface area contributed by atoms with Crippen molar-refractivity contribution in [2.75, 3.05) is 11.9 Å². The number of nitrogens with one attached hydrogen (secondary N) is 1. The molecule has 0 aromatic carbocycles. The van der Waals surface area contributed by atoms with Gasteiger partial charge in [0, 0.05) is 25.0 Å². The quantitative estimate of drug-likeness (QED) is 0.772. The van der Waals surface area contributed by atoms with Crippen LogP contribution in [0.25, 0.3) is 0 Å². The highest BCUT2D eigenvalue weighted by Crippen LogP contribution is 2.15. The standard InChI is InChI=1S/C10H15N3O/c1-8-7-9(3-6-14-8)13-10-11-4-2-5-12-10/h2,4-5,8-9H,3,6-7H2,1H3,(H,11,12,13). The van der Waals surface area contributed by atoms with Crippen molar-refractivity contribution in [1.82, 2.24) is 9.97 Å². The van der Waals surface area contributed by atoms with E-state index in [2.05, 4.69) is 22.2 Å². The van der Waals surface area contributed by atoms with Crippen LogP contribution in [-0.2, 0) is 4.74 Å². The Hall–Kier alpha value is -1.16. The van der Waals surface area contributed by atoms with Gasteiger partial charge in [-0.15, -0.1) is 0 Å². The van der Waals surface area contributed by atoms with Crippen molar-refractivity contribution >= 4 is 5.95 Å². The highest BCUT2D eigenvalue weighted by Gasteiger charge is 2.19. The minimum absolute atomic E-state index is 0.338. The summed E-state index contributed by atoms with van der Waals surface area (Å²) in [6, 6.07) is 2.26. The Morgan fingerprint density at radius 2 is 2.21 bits per heavy atom. The Labute approximate surface area is 83.7 Å². The van der Waals surface area contributed by atoms with E-state index in [1.165, 1.54) is 0 Å². The molecule has 0 amide bonds. The molecule has 76 valence electrons. The molecule has 0 bridgehead atoms.